The van der Waals surface area contributed by atoms with E-state index in [9.17, 15) is 4.21 Å². The molecule has 5 nitrogen and oxygen atoms in total. The van der Waals surface area contributed by atoms with Crippen LogP contribution in [0.4, 0.5) is 0 Å². The summed E-state index contributed by atoms with van der Waals surface area (Å²) in [6.07, 6.45) is 3.35. The van der Waals surface area contributed by atoms with Crippen LogP contribution in [0.1, 0.15) is 11.5 Å². The quantitative estimate of drug-likeness (QED) is 0.518. The van der Waals surface area contributed by atoms with E-state index in [0.29, 0.717) is 29.2 Å². The molecule has 1 aliphatic carbocycles. The van der Waals surface area contributed by atoms with E-state index in [-0.39, 0.29) is 0 Å². The van der Waals surface area contributed by atoms with Crippen molar-refractivity contribution in [2.24, 2.45) is 0 Å². The predicted octanol–water partition coefficient (Wildman–Crippen LogP) is 4.34. The molecule has 2 aromatic rings. The van der Waals surface area contributed by atoms with Gasteiger partial charge in [-0.15, -0.1) is 10.2 Å². The summed E-state index contributed by atoms with van der Waals surface area (Å²) in [5.41, 5.74) is 5.95. The summed E-state index contributed by atoms with van der Waals surface area (Å²) in [5, 5.41) is 8.04. The van der Waals surface area contributed by atoms with Crippen molar-refractivity contribution in [2.75, 3.05) is 0 Å². The zero-order valence-corrected chi connectivity index (χ0v) is 13.7. The zero-order chi connectivity index (χ0) is 16.5. The van der Waals surface area contributed by atoms with E-state index in [0.717, 1.165) is 33.4 Å². The third kappa shape index (κ3) is 2.51. The highest BCUT2D eigenvalue weighted by Crippen LogP contribution is 2.43. The second-order valence-corrected chi connectivity index (χ2v) is 5.97. The van der Waals surface area contributed by atoms with Crippen molar-refractivity contribution in [3.05, 3.63) is 60.4 Å². The number of aromatic nitrogens is 2. The Bertz CT molecular complexity index is 972. The van der Waals surface area contributed by atoms with Crippen LogP contribution in [0.25, 0.3) is 33.7 Å². The van der Waals surface area contributed by atoms with Gasteiger partial charge in [-0.1, -0.05) is 24.3 Å². The molecule has 2 heterocycles. The molecule has 0 N–H and O–H groups in total. The zero-order valence-electron chi connectivity index (χ0n) is 12.9. The van der Waals surface area contributed by atoms with Gasteiger partial charge in [-0.05, 0) is 23.3 Å². The van der Waals surface area contributed by atoms with E-state index in [4.69, 9.17) is 8.83 Å². The van der Waals surface area contributed by atoms with Gasteiger partial charge in [0.2, 0.25) is 11.8 Å². The topological polar surface area (TPSA) is 69.1 Å². The lowest BCUT2D eigenvalue weighted by atomic mass is 10.0. The maximum absolute atomic E-state index is 10.7. The van der Waals surface area contributed by atoms with Crippen LogP contribution < -0.4 is 0 Å². The molecular formula is C18H13N2O3S+. The Morgan fingerprint density at radius 2 is 1.83 bits per heavy atom. The predicted molar refractivity (Wildman–Crippen MR) is 90.6 cm³/mol. The van der Waals surface area contributed by atoms with Gasteiger partial charge in [0.25, 0.3) is 5.75 Å². The first-order chi connectivity index (χ1) is 11.8. The Balaban J connectivity index is 1.85. The Hall–Kier alpha value is -2.86. The van der Waals surface area contributed by atoms with Crippen LogP contribution in [-0.4, -0.2) is 10.2 Å². The Kier molecular flexibility index (Phi) is 3.66. The molecule has 1 aromatic carbocycles. The molecule has 1 aromatic heterocycles. The number of benzene rings is 1. The molecule has 0 atom stereocenters. The van der Waals surface area contributed by atoms with Crippen LogP contribution >= 0.6 is 0 Å². The monoisotopic (exact) mass is 337 g/mol. The van der Waals surface area contributed by atoms with Crippen molar-refractivity contribution in [3.63, 3.8) is 0 Å². The van der Waals surface area contributed by atoms with Crippen LogP contribution in [0, 0.1) is 6.92 Å². The van der Waals surface area contributed by atoms with Crippen molar-refractivity contribution in [1.29, 1.82) is 0 Å². The van der Waals surface area contributed by atoms with Crippen molar-refractivity contribution < 1.29 is 13.0 Å². The van der Waals surface area contributed by atoms with Crippen molar-refractivity contribution in [2.45, 2.75) is 12.7 Å². The van der Waals surface area contributed by atoms with E-state index >= 15 is 0 Å². The Morgan fingerprint density at radius 3 is 2.54 bits per heavy atom. The highest BCUT2D eigenvalue weighted by molar-refractivity contribution is 7.64. The third-order valence-corrected chi connectivity index (χ3v) is 4.36. The van der Waals surface area contributed by atoms with Gasteiger partial charge in [-0.2, -0.15) is 0 Å². The number of fused-ring (bicyclic) bond motifs is 1. The Morgan fingerprint density at radius 1 is 1.00 bits per heavy atom. The molecule has 0 saturated heterocycles. The summed E-state index contributed by atoms with van der Waals surface area (Å²) in [4.78, 5) is 0. The van der Waals surface area contributed by atoms with Crippen LogP contribution in [0.3, 0.4) is 0 Å². The molecule has 0 unspecified atom stereocenters. The summed E-state index contributed by atoms with van der Waals surface area (Å²) in [6, 6.07) is 11.9. The van der Waals surface area contributed by atoms with E-state index in [1.54, 1.807) is 19.5 Å². The first-order valence-electron chi connectivity index (χ1n) is 7.40. The highest BCUT2D eigenvalue weighted by Gasteiger charge is 2.22. The molecule has 0 radical (unpaired) electrons. The van der Waals surface area contributed by atoms with Crippen LogP contribution in [-0.2, 0) is 21.6 Å². The summed E-state index contributed by atoms with van der Waals surface area (Å²) in [7, 11) is 0. The van der Waals surface area contributed by atoms with Gasteiger partial charge >= 0.3 is 11.7 Å². The molecule has 118 valence electrons. The molecular weight excluding hydrogens is 324 g/mol. The molecule has 0 fully saturated rings. The SMILES string of the molecule is Cc1nnc(-c2cc(-c3ccc(C[S+]=O)cc3)c3coccc2-3)o1. The fourth-order valence-corrected chi connectivity index (χ4v) is 3.11. The van der Waals surface area contributed by atoms with E-state index in [1.807, 2.05) is 36.4 Å². The van der Waals surface area contributed by atoms with Crippen LogP contribution in [0.15, 0.2) is 57.8 Å². The van der Waals surface area contributed by atoms with Crippen LogP contribution in [0.5, 0.6) is 0 Å². The maximum atomic E-state index is 10.7. The lowest BCUT2D eigenvalue weighted by Gasteiger charge is -2.03. The average Bonchev–Trinajstić information content (AvgIpc) is 3.20. The van der Waals surface area contributed by atoms with Gasteiger partial charge < -0.3 is 8.83 Å². The minimum Gasteiger partial charge on any atom is -0.472 e. The standard InChI is InChI=1S/C18H13N2O3S/c1-11-19-20-18(23-11)16-8-15(17-9-22-7-6-14(16)17)13-4-2-12(3-5-13)10-24-21/h2-9H,10H2,1H3/q+1. The molecule has 24 heavy (non-hydrogen) atoms. The molecule has 6 heteroatoms. The normalized spacial score (nSPS) is 11.0. The second kappa shape index (κ2) is 5.98. The van der Waals surface area contributed by atoms with Crippen molar-refractivity contribution >= 4 is 11.7 Å². The number of nitrogens with zero attached hydrogens (tertiary/aromatic N) is 2. The number of hydrogen-bond acceptors (Lipinski definition) is 5. The van der Waals surface area contributed by atoms with E-state index < -0.39 is 0 Å². The van der Waals surface area contributed by atoms with Crippen molar-refractivity contribution in [1.82, 2.24) is 10.2 Å². The minimum absolute atomic E-state index is 0.462. The summed E-state index contributed by atoms with van der Waals surface area (Å²) >= 11 is 0.570. The summed E-state index contributed by atoms with van der Waals surface area (Å²) in [6.45, 7) is 1.77. The number of hydrogen-bond donors (Lipinski definition) is 0. The lowest BCUT2D eigenvalue weighted by molar-refractivity contribution is 0.532. The van der Waals surface area contributed by atoms with Crippen LogP contribution in [0.2, 0.25) is 0 Å². The first kappa shape index (κ1) is 14.7. The Labute approximate surface area is 142 Å². The minimum atomic E-state index is 0.462. The second-order valence-electron chi connectivity index (χ2n) is 5.44. The molecule has 0 bridgehead atoms. The largest absolute Gasteiger partial charge is 0.472 e. The molecule has 2 aliphatic rings. The van der Waals surface area contributed by atoms with E-state index in [1.165, 1.54) is 0 Å². The summed E-state index contributed by atoms with van der Waals surface area (Å²) < 4.78 is 21.6. The average molecular weight is 337 g/mol. The lowest BCUT2D eigenvalue weighted by Crippen LogP contribution is -1.83. The number of rotatable bonds is 4. The number of aryl methyl sites for hydroxylation is 1. The van der Waals surface area contributed by atoms with Gasteiger partial charge in [0, 0.05) is 33.4 Å². The smallest absolute Gasteiger partial charge is 0.463 e. The molecule has 0 spiro atoms. The highest BCUT2D eigenvalue weighted by atomic mass is 32.1. The maximum Gasteiger partial charge on any atom is 0.463 e. The van der Waals surface area contributed by atoms with Gasteiger partial charge in [-0.3, -0.25) is 0 Å². The summed E-state index contributed by atoms with van der Waals surface area (Å²) in [5.74, 6) is 1.49. The van der Waals surface area contributed by atoms with Gasteiger partial charge in [0.1, 0.15) is 0 Å². The first-order valence-corrected chi connectivity index (χ1v) is 8.31. The van der Waals surface area contributed by atoms with E-state index in [2.05, 4.69) is 10.2 Å². The molecule has 4 rings (SSSR count). The molecule has 0 amide bonds. The molecule has 0 saturated carbocycles. The van der Waals surface area contributed by atoms with Gasteiger partial charge in [0.15, 0.2) is 0 Å². The van der Waals surface area contributed by atoms with Gasteiger partial charge in [-0.25, -0.2) is 0 Å². The third-order valence-electron chi connectivity index (χ3n) is 3.91. The van der Waals surface area contributed by atoms with Crippen molar-refractivity contribution in [3.8, 4) is 33.7 Å². The fraction of sp³-hybridized carbons (Fsp3) is 0.111. The van der Waals surface area contributed by atoms with Gasteiger partial charge in [0.05, 0.1) is 12.5 Å². The fourth-order valence-electron chi connectivity index (χ4n) is 2.78. The molecule has 1 aliphatic heterocycles.